The van der Waals surface area contributed by atoms with E-state index in [1.165, 1.54) is 59.8 Å². The SMILES string of the molecule is Cc1cc2cccc3c4cc(C)cc5cc(C)cc(c(c1)c23)c54. The first-order valence-electron chi connectivity index (χ1n) is 8.21. The van der Waals surface area contributed by atoms with Crippen molar-refractivity contribution in [1.82, 2.24) is 0 Å². The fourth-order valence-electron chi connectivity index (χ4n) is 4.26. The lowest BCUT2D eigenvalue weighted by Gasteiger charge is -2.16. The molecular weight excluding hydrogens is 276 g/mol. The minimum Gasteiger partial charge on any atom is -0.0610 e. The molecule has 0 spiro atoms. The molecule has 0 heteroatoms. The Bertz CT molecular complexity index is 1220. The highest BCUT2D eigenvalue weighted by molar-refractivity contribution is 6.33. The van der Waals surface area contributed by atoms with Crippen molar-refractivity contribution < 1.29 is 0 Å². The Morgan fingerprint density at radius 1 is 0.478 bits per heavy atom. The standard InChI is InChI=1S/C23H18/c1-13-7-16-5-4-6-18-19-10-14(2)8-17-9-15(3)12-21(23(17)19)20(11-13)22(16)18/h4-12H,1-3H3. The summed E-state index contributed by atoms with van der Waals surface area (Å²) >= 11 is 0. The predicted octanol–water partition coefficient (Wildman–Crippen LogP) is 6.66. The van der Waals surface area contributed by atoms with Crippen LogP contribution in [0, 0.1) is 20.8 Å². The van der Waals surface area contributed by atoms with Crippen LogP contribution >= 0.6 is 0 Å². The number of fused-ring (bicyclic) bond motifs is 2. The van der Waals surface area contributed by atoms with Gasteiger partial charge in [0.15, 0.2) is 0 Å². The minimum atomic E-state index is 1.33. The quantitative estimate of drug-likeness (QED) is 0.221. The molecule has 0 saturated heterocycles. The third kappa shape index (κ3) is 1.66. The van der Waals surface area contributed by atoms with E-state index in [2.05, 4.69) is 75.4 Å². The van der Waals surface area contributed by atoms with Crippen molar-refractivity contribution in [1.29, 1.82) is 0 Å². The molecule has 0 radical (unpaired) electrons. The van der Waals surface area contributed by atoms with Crippen molar-refractivity contribution in [3.8, 4) is 0 Å². The van der Waals surface area contributed by atoms with Crippen molar-refractivity contribution in [2.45, 2.75) is 20.8 Å². The van der Waals surface area contributed by atoms with Crippen molar-refractivity contribution in [2.75, 3.05) is 0 Å². The lowest BCUT2D eigenvalue weighted by atomic mass is 9.87. The Morgan fingerprint density at radius 2 is 0.957 bits per heavy atom. The van der Waals surface area contributed by atoms with Crippen LogP contribution in [0.1, 0.15) is 16.7 Å². The average molecular weight is 294 g/mol. The summed E-state index contributed by atoms with van der Waals surface area (Å²) in [6.45, 7) is 6.59. The van der Waals surface area contributed by atoms with Gasteiger partial charge in [0.25, 0.3) is 0 Å². The highest BCUT2D eigenvalue weighted by Crippen LogP contribution is 2.41. The molecule has 0 aliphatic heterocycles. The number of aryl methyl sites for hydroxylation is 3. The van der Waals surface area contributed by atoms with Crippen LogP contribution in [-0.2, 0) is 0 Å². The first-order chi connectivity index (χ1) is 11.1. The van der Waals surface area contributed by atoms with Gasteiger partial charge in [0.05, 0.1) is 0 Å². The lowest BCUT2D eigenvalue weighted by molar-refractivity contribution is 1.49. The Kier molecular flexibility index (Phi) is 2.37. The van der Waals surface area contributed by atoms with E-state index in [4.69, 9.17) is 0 Å². The molecule has 0 atom stereocenters. The molecule has 0 nitrogen and oxygen atoms in total. The van der Waals surface area contributed by atoms with Crippen molar-refractivity contribution in [3.63, 3.8) is 0 Å². The molecule has 5 aromatic rings. The summed E-state index contributed by atoms with van der Waals surface area (Å²) < 4.78 is 0. The second-order valence-electron chi connectivity index (χ2n) is 6.94. The van der Waals surface area contributed by atoms with Crippen LogP contribution < -0.4 is 0 Å². The van der Waals surface area contributed by atoms with Gasteiger partial charge in [-0.25, -0.2) is 0 Å². The first kappa shape index (κ1) is 12.9. The summed E-state index contributed by atoms with van der Waals surface area (Å²) in [5.41, 5.74) is 3.99. The largest absolute Gasteiger partial charge is 0.0610 e. The minimum absolute atomic E-state index is 1.33. The predicted molar refractivity (Wildman–Crippen MR) is 102 cm³/mol. The first-order valence-corrected chi connectivity index (χ1v) is 8.21. The average Bonchev–Trinajstić information content (AvgIpc) is 2.50. The molecule has 110 valence electrons. The Labute approximate surface area is 135 Å². The molecular formula is C23H18. The molecule has 5 aromatic carbocycles. The molecule has 0 fully saturated rings. The smallest absolute Gasteiger partial charge is 0.00260 e. The van der Waals surface area contributed by atoms with Gasteiger partial charge in [-0.3, -0.25) is 0 Å². The molecule has 0 unspecified atom stereocenters. The van der Waals surface area contributed by atoms with Gasteiger partial charge in [-0.2, -0.15) is 0 Å². The third-order valence-electron chi connectivity index (χ3n) is 5.04. The van der Waals surface area contributed by atoms with Gasteiger partial charge in [-0.15, -0.1) is 0 Å². The normalized spacial score (nSPS) is 12.1. The van der Waals surface area contributed by atoms with Gasteiger partial charge in [-0.05, 0) is 80.6 Å². The van der Waals surface area contributed by atoms with E-state index in [0.29, 0.717) is 0 Å². The van der Waals surface area contributed by atoms with E-state index < -0.39 is 0 Å². The maximum Gasteiger partial charge on any atom is -0.00260 e. The molecule has 23 heavy (non-hydrogen) atoms. The van der Waals surface area contributed by atoms with Gasteiger partial charge in [0.1, 0.15) is 0 Å². The van der Waals surface area contributed by atoms with E-state index in [0.717, 1.165) is 0 Å². The summed E-state index contributed by atoms with van der Waals surface area (Å²) in [6, 6.07) is 20.7. The van der Waals surface area contributed by atoms with E-state index in [-0.39, 0.29) is 0 Å². The van der Waals surface area contributed by atoms with E-state index >= 15 is 0 Å². The second-order valence-corrected chi connectivity index (χ2v) is 6.94. The molecule has 0 aliphatic rings. The highest BCUT2D eigenvalue weighted by atomic mass is 14.2. The lowest BCUT2D eigenvalue weighted by Crippen LogP contribution is -1.90. The van der Waals surface area contributed by atoms with Crippen molar-refractivity contribution in [2.24, 2.45) is 0 Å². The molecule has 5 rings (SSSR count). The number of hydrogen-bond donors (Lipinski definition) is 0. The summed E-state index contributed by atoms with van der Waals surface area (Å²) in [6.07, 6.45) is 0. The van der Waals surface area contributed by atoms with Crippen LogP contribution in [-0.4, -0.2) is 0 Å². The summed E-state index contributed by atoms with van der Waals surface area (Å²) in [7, 11) is 0. The van der Waals surface area contributed by atoms with E-state index in [1.807, 2.05) is 0 Å². The van der Waals surface area contributed by atoms with Crippen LogP contribution in [0.25, 0.3) is 43.1 Å². The van der Waals surface area contributed by atoms with Gasteiger partial charge < -0.3 is 0 Å². The van der Waals surface area contributed by atoms with Crippen molar-refractivity contribution >= 4 is 43.1 Å². The number of rotatable bonds is 0. The van der Waals surface area contributed by atoms with Gasteiger partial charge >= 0.3 is 0 Å². The molecule has 0 aromatic heterocycles. The van der Waals surface area contributed by atoms with Crippen molar-refractivity contribution in [3.05, 3.63) is 71.3 Å². The molecule has 0 amide bonds. The number of benzene rings is 5. The van der Waals surface area contributed by atoms with E-state index in [9.17, 15) is 0 Å². The summed E-state index contributed by atoms with van der Waals surface area (Å²) in [5.74, 6) is 0. The van der Waals surface area contributed by atoms with Gasteiger partial charge in [0, 0.05) is 0 Å². The van der Waals surface area contributed by atoms with E-state index in [1.54, 1.807) is 0 Å². The molecule has 0 bridgehead atoms. The maximum absolute atomic E-state index is 2.35. The summed E-state index contributed by atoms with van der Waals surface area (Å²) in [5, 5.41) is 11.1. The van der Waals surface area contributed by atoms with Crippen LogP contribution in [0.2, 0.25) is 0 Å². The third-order valence-corrected chi connectivity index (χ3v) is 5.04. The van der Waals surface area contributed by atoms with Crippen LogP contribution in [0.3, 0.4) is 0 Å². The zero-order chi connectivity index (χ0) is 15.7. The molecule has 0 aliphatic carbocycles. The zero-order valence-corrected chi connectivity index (χ0v) is 13.7. The fourth-order valence-corrected chi connectivity index (χ4v) is 4.26. The second kappa shape index (κ2) is 4.23. The molecule has 0 N–H and O–H groups in total. The monoisotopic (exact) mass is 294 g/mol. The Morgan fingerprint density at radius 3 is 1.57 bits per heavy atom. The summed E-state index contributed by atoms with van der Waals surface area (Å²) in [4.78, 5) is 0. The zero-order valence-electron chi connectivity index (χ0n) is 13.7. The Hall–Kier alpha value is -2.60. The topological polar surface area (TPSA) is 0 Å². The highest BCUT2D eigenvalue weighted by Gasteiger charge is 2.14. The van der Waals surface area contributed by atoms with Gasteiger partial charge in [0.2, 0.25) is 0 Å². The molecule has 0 saturated carbocycles. The van der Waals surface area contributed by atoms with Crippen LogP contribution in [0.15, 0.2) is 54.6 Å². The fraction of sp³-hybridized carbons (Fsp3) is 0.130. The molecule has 0 heterocycles. The van der Waals surface area contributed by atoms with Gasteiger partial charge in [-0.1, -0.05) is 54.6 Å². The van der Waals surface area contributed by atoms with Crippen LogP contribution in [0.5, 0.6) is 0 Å². The van der Waals surface area contributed by atoms with Crippen LogP contribution in [0.4, 0.5) is 0 Å². The Balaban J connectivity index is 2.27. The number of hydrogen-bond acceptors (Lipinski definition) is 0. The maximum atomic E-state index is 2.35.